The van der Waals surface area contributed by atoms with Crippen molar-refractivity contribution in [1.82, 2.24) is 25.2 Å². The SMILES string of the molecule is CN(C)C(=O)Cn1cc(C(=O)NC2CC(=O)N(c3ccc(Oc4ccccc4)cc3)C2)nn1. The molecule has 3 aromatic rings. The van der Waals surface area contributed by atoms with Crippen LogP contribution in [0.1, 0.15) is 16.9 Å². The quantitative estimate of drug-likeness (QED) is 0.589. The number of carbonyl (C=O) groups excluding carboxylic acids is 3. The van der Waals surface area contributed by atoms with Gasteiger partial charge in [-0.05, 0) is 36.4 Å². The van der Waals surface area contributed by atoms with Gasteiger partial charge in [0, 0.05) is 32.7 Å². The molecule has 1 N–H and O–H groups in total. The molecular weight excluding hydrogens is 424 g/mol. The van der Waals surface area contributed by atoms with Crippen LogP contribution in [0, 0.1) is 0 Å². The first-order valence-electron chi connectivity index (χ1n) is 10.4. The molecule has 3 amide bonds. The summed E-state index contributed by atoms with van der Waals surface area (Å²) in [7, 11) is 3.28. The minimum Gasteiger partial charge on any atom is -0.457 e. The summed E-state index contributed by atoms with van der Waals surface area (Å²) >= 11 is 0. The van der Waals surface area contributed by atoms with Crippen molar-refractivity contribution in [3.63, 3.8) is 0 Å². The predicted molar refractivity (Wildman–Crippen MR) is 120 cm³/mol. The number of likely N-dealkylation sites (N-methyl/N-ethyl adjacent to an activating group) is 1. The standard InChI is InChI=1S/C23H24N6O4/c1-27(2)22(31)15-28-14-20(25-26-28)23(32)24-16-12-21(30)29(13-16)17-8-10-19(11-9-17)33-18-6-4-3-5-7-18/h3-11,14,16H,12-13,15H2,1-2H3,(H,24,32). The van der Waals surface area contributed by atoms with Crippen LogP contribution in [0.3, 0.4) is 0 Å². The molecule has 10 nitrogen and oxygen atoms in total. The molecule has 1 fully saturated rings. The average Bonchev–Trinajstić information content (AvgIpc) is 3.41. The number of hydrogen-bond donors (Lipinski definition) is 1. The molecular formula is C23H24N6O4. The number of amides is 3. The number of ether oxygens (including phenoxy) is 1. The Labute approximate surface area is 190 Å². The molecule has 1 aliphatic rings. The van der Waals surface area contributed by atoms with E-state index in [1.165, 1.54) is 15.8 Å². The topological polar surface area (TPSA) is 110 Å². The predicted octanol–water partition coefficient (Wildman–Crippen LogP) is 1.69. The molecule has 2 heterocycles. The van der Waals surface area contributed by atoms with Crippen molar-refractivity contribution in [2.45, 2.75) is 19.0 Å². The highest BCUT2D eigenvalue weighted by Gasteiger charge is 2.32. The summed E-state index contributed by atoms with van der Waals surface area (Å²) in [5.74, 6) is 0.705. The monoisotopic (exact) mass is 448 g/mol. The lowest BCUT2D eigenvalue weighted by Crippen LogP contribution is -2.37. The maximum Gasteiger partial charge on any atom is 0.273 e. The molecule has 0 spiro atoms. The van der Waals surface area contributed by atoms with E-state index in [2.05, 4.69) is 15.6 Å². The summed E-state index contributed by atoms with van der Waals surface area (Å²) in [4.78, 5) is 39.9. The molecule has 10 heteroatoms. The van der Waals surface area contributed by atoms with E-state index in [9.17, 15) is 14.4 Å². The normalized spacial score (nSPS) is 15.4. The number of anilines is 1. The minimum absolute atomic E-state index is 0.00699. The fourth-order valence-corrected chi connectivity index (χ4v) is 3.39. The van der Waals surface area contributed by atoms with E-state index < -0.39 is 5.91 Å². The molecule has 0 bridgehead atoms. The molecule has 33 heavy (non-hydrogen) atoms. The largest absolute Gasteiger partial charge is 0.457 e. The number of aromatic nitrogens is 3. The van der Waals surface area contributed by atoms with Gasteiger partial charge in [0.05, 0.1) is 12.2 Å². The molecule has 170 valence electrons. The van der Waals surface area contributed by atoms with Crippen LogP contribution in [0.2, 0.25) is 0 Å². The Morgan fingerprint density at radius 3 is 2.48 bits per heavy atom. The van der Waals surface area contributed by atoms with Crippen LogP contribution < -0.4 is 15.0 Å². The van der Waals surface area contributed by atoms with Gasteiger partial charge in [0.1, 0.15) is 18.0 Å². The first-order chi connectivity index (χ1) is 15.9. The Balaban J connectivity index is 1.34. The fraction of sp³-hybridized carbons (Fsp3) is 0.261. The molecule has 0 saturated carbocycles. The third kappa shape index (κ3) is 5.35. The van der Waals surface area contributed by atoms with Gasteiger partial charge in [-0.25, -0.2) is 4.68 Å². The average molecular weight is 448 g/mol. The summed E-state index contributed by atoms with van der Waals surface area (Å²) in [5, 5.41) is 10.5. The van der Waals surface area contributed by atoms with Crippen LogP contribution >= 0.6 is 0 Å². The Kier molecular flexibility index (Phi) is 6.34. The first-order valence-corrected chi connectivity index (χ1v) is 10.4. The molecule has 1 unspecified atom stereocenters. The van der Waals surface area contributed by atoms with Crippen molar-refractivity contribution in [2.24, 2.45) is 0 Å². The molecule has 0 radical (unpaired) electrons. The lowest BCUT2D eigenvalue weighted by atomic mass is 10.2. The summed E-state index contributed by atoms with van der Waals surface area (Å²) in [5.41, 5.74) is 0.820. The third-order valence-corrected chi connectivity index (χ3v) is 5.15. The van der Waals surface area contributed by atoms with Crippen molar-refractivity contribution in [3.8, 4) is 11.5 Å². The Hall–Kier alpha value is -4.21. The maximum atomic E-state index is 12.5. The van der Waals surface area contributed by atoms with Crippen molar-refractivity contribution in [2.75, 3.05) is 25.5 Å². The van der Waals surface area contributed by atoms with Gasteiger partial charge in [-0.3, -0.25) is 14.4 Å². The summed E-state index contributed by atoms with van der Waals surface area (Å²) < 4.78 is 7.09. The lowest BCUT2D eigenvalue weighted by Gasteiger charge is -2.17. The molecule has 1 saturated heterocycles. The summed E-state index contributed by atoms with van der Waals surface area (Å²) in [6, 6.07) is 16.3. The number of nitrogens with one attached hydrogen (secondary N) is 1. The number of hydrogen-bond acceptors (Lipinski definition) is 6. The van der Waals surface area contributed by atoms with Crippen LogP contribution in [0.15, 0.2) is 60.8 Å². The molecule has 0 aliphatic carbocycles. The van der Waals surface area contributed by atoms with E-state index in [0.29, 0.717) is 12.3 Å². The van der Waals surface area contributed by atoms with Crippen molar-refractivity contribution in [1.29, 1.82) is 0 Å². The van der Waals surface area contributed by atoms with Gasteiger partial charge in [0.2, 0.25) is 11.8 Å². The highest BCUT2D eigenvalue weighted by atomic mass is 16.5. The van der Waals surface area contributed by atoms with Gasteiger partial charge < -0.3 is 19.9 Å². The van der Waals surface area contributed by atoms with Gasteiger partial charge in [-0.1, -0.05) is 23.4 Å². The maximum absolute atomic E-state index is 12.5. The van der Waals surface area contributed by atoms with Crippen molar-refractivity contribution in [3.05, 3.63) is 66.5 Å². The van der Waals surface area contributed by atoms with Gasteiger partial charge in [0.25, 0.3) is 5.91 Å². The Morgan fingerprint density at radius 1 is 1.09 bits per heavy atom. The second-order valence-corrected chi connectivity index (χ2v) is 7.88. The molecule has 1 atom stereocenters. The van der Waals surface area contributed by atoms with Crippen LogP contribution in [0.5, 0.6) is 11.5 Å². The number of para-hydroxylation sites is 1. The third-order valence-electron chi connectivity index (χ3n) is 5.15. The van der Waals surface area contributed by atoms with E-state index in [0.717, 1.165) is 11.4 Å². The van der Waals surface area contributed by atoms with Crippen LogP contribution in [0.25, 0.3) is 0 Å². The zero-order valence-corrected chi connectivity index (χ0v) is 18.3. The smallest absolute Gasteiger partial charge is 0.273 e. The number of rotatable bonds is 7. The molecule has 1 aliphatic heterocycles. The molecule has 2 aromatic carbocycles. The molecule has 4 rings (SSSR count). The Morgan fingerprint density at radius 2 is 1.79 bits per heavy atom. The second-order valence-electron chi connectivity index (χ2n) is 7.88. The number of benzene rings is 2. The van der Waals surface area contributed by atoms with Gasteiger partial charge in [-0.15, -0.1) is 5.10 Å². The lowest BCUT2D eigenvalue weighted by molar-refractivity contribution is -0.129. The van der Waals surface area contributed by atoms with Crippen LogP contribution in [0.4, 0.5) is 5.69 Å². The summed E-state index contributed by atoms with van der Waals surface area (Å²) in [6.07, 6.45) is 1.60. The number of nitrogens with zero attached hydrogens (tertiary/aromatic N) is 5. The zero-order chi connectivity index (χ0) is 23.4. The van der Waals surface area contributed by atoms with E-state index >= 15 is 0 Å². The van der Waals surface area contributed by atoms with E-state index in [1.807, 2.05) is 42.5 Å². The number of carbonyl (C=O) groups is 3. The Bertz CT molecular complexity index is 1140. The zero-order valence-electron chi connectivity index (χ0n) is 18.3. The second kappa shape index (κ2) is 9.51. The highest BCUT2D eigenvalue weighted by molar-refractivity contribution is 5.98. The van der Waals surface area contributed by atoms with Gasteiger partial charge >= 0.3 is 0 Å². The minimum atomic E-state index is -0.440. The van der Waals surface area contributed by atoms with E-state index in [4.69, 9.17) is 4.74 Å². The fourth-order valence-electron chi connectivity index (χ4n) is 3.39. The van der Waals surface area contributed by atoms with Crippen molar-refractivity contribution < 1.29 is 19.1 Å². The molecule has 1 aromatic heterocycles. The van der Waals surface area contributed by atoms with Crippen LogP contribution in [-0.4, -0.2) is 64.3 Å². The first kappa shape index (κ1) is 22.0. The van der Waals surface area contributed by atoms with Gasteiger partial charge in [0.15, 0.2) is 5.69 Å². The highest BCUT2D eigenvalue weighted by Crippen LogP contribution is 2.27. The van der Waals surface area contributed by atoms with E-state index in [1.54, 1.807) is 31.1 Å². The van der Waals surface area contributed by atoms with Crippen molar-refractivity contribution >= 4 is 23.4 Å². The summed E-state index contributed by atoms with van der Waals surface area (Å²) in [6.45, 7) is 0.337. The van der Waals surface area contributed by atoms with Gasteiger partial charge in [-0.2, -0.15) is 0 Å². The van der Waals surface area contributed by atoms with Crippen LogP contribution in [-0.2, 0) is 16.1 Å². The van der Waals surface area contributed by atoms with E-state index in [-0.39, 0.29) is 36.5 Å².